The minimum absolute atomic E-state index is 0.536. The maximum absolute atomic E-state index is 6.70. The molecule has 117 heavy (non-hydrogen) atoms. The average Bonchev–Trinajstić information content (AvgIpc) is 1.58. The third-order valence-corrected chi connectivity index (χ3v) is 22.6. The van der Waals surface area contributed by atoms with Crippen LogP contribution in [0.15, 0.2) is 397 Å². The molecule has 0 aliphatic carbocycles. The molecular weight excluding hydrogens is 1450 g/mol. The number of nitrogens with zero attached hydrogens (tertiary/aromatic N) is 7. The number of H-pyrrole nitrogens is 1. The molecule has 0 aliphatic rings. The highest BCUT2D eigenvalue weighted by Gasteiger charge is 2.24. The Hall–Kier alpha value is -15.5. The van der Waals surface area contributed by atoms with E-state index in [2.05, 4.69) is 313 Å². The zero-order valence-corrected chi connectivity index (χ0v) is 63.5. The van der Waals surface area contributed by atoms with Crippen molar-refractivity contribution in [3.8, 4) is 96.3 Å². The summed E-state index contributed by atoms with van der Waals surface area (Å²) >= 11 is 6.62. The molecule has 0 unspecified atom stereocenters. The van der Waals surface area contributed by atoms with Crippen molar-refractivity contribution in [1.29, 1.82) is 0 Å². The van der Waals surface area contributed by atoms with Gasteiger partial charge in [-0.3, -0.25) is 0 Å². The molecule has 6 heterocycles. The van der Waals surface area contributed by atoms with Gasteiger partial charge in [0.05, 0.1) is 16.7 Å². The van der Waals surface area contributed by atoms with E-state index in [0.717, 1.165) is 132 Å². The smallest absolute Gasteiger partial charge is 0.164 e. The molecule has 18 aromatic carbocycles. The lowest BCUT2D eigenvalue weighted by molar-refractivity contribution is 0.668. The maximum Gasteiger partial charge on any atom is 0.164 e. The molecule has 0 saturated heterocycles. The van der Waals surface area contributed by atoms with E-state index in [1.807, 2.05) is 84.9 Å². The summed E-state index contributed by atoms with van der Waals surface area (Å²) in [5, 5.41) is 19.0. The first kappa shape index (κ1) is 68.3. The fourth-order valence-electron chi connectivity index (χ4n) is 16.7. The molecule has 0 amide bonds. The summed E-state index contributed by atoms with van der Waals surface area (Å²) in [5.41, 5.74) is 18.6. The summed E-state index contributed by atoms with van der Waals surface area (Å²) in [6, 6.07) is 134. The summed E-state index contributed by atoms with van der Waals surface area (Å²) in [6.07, 6.45) is 0. The molecule has 0 radical (unpaired) electrons. The number of aromatic nitrogens is 8. The predicted molar refractivity (Wildman–Crippen MR) is 483 cm³/mol. The Labute approximate surface area is 675 Å². The van der Waals surface area contributed by atoms with Gasteiger partial charge in [-0.1, -0.05) is 315 Å². The second kappa shape index (κ2) is 28.6. The summed E-state index contributed by atoms with van der Waals surface area (Å²) in [5.74, 6) is 3.49. The monoisotopic (exact) mass is 1520 g/mol. The van der Waals surface area contributed by atoms with E-state index in [1.54, 1.807) is 0 Å². The van der Waals surface area contributed by atoms with Crippen LogP contribution in [0, 0.1) is 0 Å². The van der Waals surface area contributed by atoms with Gasteiger partial charge in [0, 0.05) is 105 Å². The van der Waals surface area contributed by atoms with E-state index >= 15 is 0 Å². The molecular formula is C106H65ClN8O2. The van der Waals surface area contributed by atoms with E-state index in [0.29, 0.717) is 45.6 Å². The van der Waals surface area contributed by atoms with Gasteiger partial charge in [0.15, 0.2) is 34.9 Å². The molecule has 0 aliphatic heterocycles. The quantitative estimate of drug-likeness (QED) is 0.152. The number of nitrogens with one attached hydrogen (secondary N) is 1. The Morgan fingerprint density at radius 1 is 0.222 bits per heavy atom. The third-order valence-electron chi connectivity index (χ3n) is 22.3. The SMILES string of the molecule is Clc1cc(-c2nc(-c3ccc(-c4ccccc4)cc3)nc(-c3ccc4ccccc4c3)n2)c2c(c1)oc1ccccc12.c1ccc(-c2ccc(-c3nc(-c4ccc5ccccc5c4)nc(-c4cc(-n5c6ccccc6c6cc7ccccc7cc65)cc5oc6ccccc6c45)n3)cc2)cc1.c1ccc2cc3c(cc2c1)[nH]c1ccccc13. The largest absolute Gasteiger partial charge is 0.456 e. The minimum Gasteiger partial charge on any atom is -0.456 e. The van der Waals surface area contributed by atoms with Crippen molar-refractivity contribution in [3.63, 3.8) is 0 Å². The highest BCUT2D eigenvalue weighted by atomic mass is 35.5. The van der Waals surface area contributed by atoms with Crippen LogP contribution in [-0.2, 0) is 0 Å². The van der Waals surface area contributed by atoms with Crippen LogP contribution in [-0.4, -0.2) is 39.5 Å². The Morgan fingerprint density at radius 3 is 1.14 bits per heavy atom. The van der Waals surface area contributed by atoms with Gasteiger partial charge in [-0.2, -0.15) is 0 Å². The molecule has 0 atom stereocenters. The summed E-state index contributed by atoms with van der Waals surface area (Å²) in [4.78, 5) is 34.3. The molecule has 24 aromatic rings. The molecule has 0 saturated carbocycles. The van der Waals surface area contributed by atoms with Gasteiger partial charge in [-0.25, -0.2) is 29.9 Å². The summed E-state index contributed by atoms with van der Waals surface area (Å²) in [7, 11) is 0. The van der Waals surface area contributed by atoms with Crippen molar-refractivity contribution >= 4 is 142 Å². The fourth-order valence-corrected chi connectivity index (χ4v) is 16.9. The molecule has 10 nitrogen and oxygen atoms in total. The van der Waals surface area contributed by atoms with Crippen LogP contribution in [0.4, 0.5) is 0 Å². The summed E-state index contributed by atoms with van der Waals surface area (Å²) < 4.78 is 15.2. The standard InChI is InChI=1S/C53H32N4O.C37H22ClN3O.C16H11N/c1-2-12-33(13-3-1)35-22-25-36(26-23-35)51-54-52(40-27-24-34-14-4-5-15-37(34)28-40)56-53(55-51)45-31-41(32-49-50(45)43-19-9-11-21-48(43)58-49)57-46-20-10-8-18-42(46)44-29-38-16-6-7-17-39(38)30-47(44)57;38-29-21-31(34-30-12-6-7-13-32(30)42-33(34)22-29)37-40-35(26-17-14-25(15-18-26)23-8-2-1-3-9-23)39-36(41-37)28-19-16-24-10-4-5-11-27(24)20-28;1-2-6-12-10-16-14(9-11(12)5-1)13-7-3-4-8-15(13)17-16/h1-32H;1-22H;1-10,17H. The normalized spacial score (nSPS) is 11.6. The first-order valence-electron chi connectivity index (χ1n) is 39.0. The van der Waals surface area contributed by atoms with Crippen LogP contribution in [0.25, 0.3) is 227 Å². The predicted octanol–water partition coefficient (Wildman–Crippen LogP) is 28.6. The first-order chi connectivity index (χ1) is 57.8. The van der Waals surface area contributed by atoms with Crippen LogP contribution in [0.3, 0.4) is 0 Å². The van der Waals surface area contributed by atoms with E-state index < -0.39 is 0 Å². The topological polar surface area (TPSA) is 124 Å². The van der Waals surface area contributed by atoms with Crippen molar-refractivity contribution < 1.29 is 8.83 Å². The van der Waals surface area contributed by atoms with Crippen molar-refractivity contribution in [3.05, 3.63) is 393 Å². The lowest BCUT2D eigenvalue weighted by Gasteiger charge is -2.13. The van der Waals surface area contributed by atoms with Gasteiger partial charge < -0.3 is 18.4 Å². The molecule has 6 aromatic heterocycles. The van der Waals surface area contributed by atoms with Gasteiger partial charge in [0.25, 0.3) is 0 Å². The van der Waals surface area contributed by atoms with Crippen molar-refractivity contribution in [1.82, 2.24) is 39.5 Å². The third kappa shape index (κ3) is 12.6. The molecule has 0 bridgehead atoms. The van der Waals surface area contributed by atoms with Crippen LogP contribution >= 0.6 is 11.6 Å². The zero-order chi connectivity index (χ0) is 77.4. The fraction of sp³-hybridized carbons (Fsp3) is 0. The molecule has 548 valence electrons. The number of fused-ring (bicyclic) bond motifs is 16. The molecule has 24 rings (SSSR count). The number of hydrogen-bond donors (Lipinski definition) is 1. The second-order valence-corrected chi connectivity index (χ2v) is 29.9. The second-order valence-electron chi connectivity index (χ2n) is 29.5. The van der Waals surface area contributed by atoms with Crippen molar-refractivity contribution in [2.45, 2.75) is 0 Å². The van der Waals surface area contributed by atoms with Gasteiger partial charge in [0.2, 0.25) is 0 Å². The Morgan fingerprint density at radius 2 is 0.598 bits per heavy atom. The van der Waals surface area contributed by atoms with Gasteiger partial charge in [-0.15, -0.1) is 0 Å². The Balaban J connectivity index is 0.000000121. The molecule has 0 fully saturated rings. The van der Waals surface area contributed by atoms with Crippen LogP contribution in [0.1, 0.15) is 0 Å². The van der Waals surface area contributed by atoms with Crippen LogP contribution < -0.4 is 0 Å². The number of benzene rings is 18. The lowest BCUT2D eigenvalue weighted by Crippen LogP contribution is -2.02. The zero-order valence-electron chi connectivity index (χ0n) is 62.8. The number of hydrogen-bond acceptors (Lipinski definition) is 8. The van der Waals surface area contributed by atoms with Crippen molar-refractivity contribution in [2.24, 2.45) is 0 Å². The maximum atomic E-state index is 6.70. The highest BCUT2D eigenvalue weighted by Crippen LogP contribution is 2.44. The van der Waals surface area contributed by atoms with E-state index in [-0.39, 0.29) is 0 Å². The lowest BCUT2D eigenvalue weighted by atomic mass is 10.0. The Kier molecular flexibility index (Phi) is 16.7. The highest BCUT2D eigenvalue weighted by molar-refractivity contribution is 6.32. The number of aromatic amines is 1. The summed E-state index contributed by atoms with van der Waals surface area (Å²) in [6.45, 7) is 0. The van der Waals surface area contributed by atoms with Gasteiger partial charge in [-0.05, 0) is 138 Å². The Bertz CT molecular complexity index is 8030. The number of halogens is 1. The minimum atomic E-state index is 0.536. The van der Waals surface area contributed by atoms with Crippen LogP contribution in [0.2, 0.25) is 5.02 Å². The number of rotatable bonds is 9. The van der Waals surface area contributed by atoms with E-state index in [9.17, 15) is 0 Å². The molecule has 11 heteroatoms. The van der Waals surface area contributed by atoms with Crippen LogP contribution in [0.5, 0.6) is 0 Å². The molecule has 1 N–H and O–H groups in total. The average molecular weight is 1520 g/mol. The van der Waals surface area contributed by atoms with Gasteiger partial charge >= 0.3 is 0 Å². The number of para-hydroxylation sites is 4. The number of furan rings is 2. The van der Waals surface area contributed by atoms with Gasteiger partial charge in [0.1, 0.15) is 22.3 Å². The molecule has 0 spiro atoms. The first-order valence-corrected chi connectivity index (χ1v) is 39.4. The van der Waals surface area contributed by atoms with E-state index in [1.165, 1.54) is 54.1 Å². The van der Waals surface area contributed by atoms with E-state index in [4.69, 9.17) is 50.3 Å². The van der Waals surface area contributed by atoms with Crippen molar-refractivity contribution in [2.75, 3.05) is 0 Å².